The Labute approximate surface area is 157 Å². The molecule has 1 aliphatic rings. The van der Waals surface area contributed by atoms with Crippen LogP contribution in [-0.2, 0) is 14.4 Å². The average Bonchev–Trinajstić information content (AvgIpc) is 2.95. The van der Waals surface area contributed by atoms with Crippen molar-refractivity contribution in [1.82, 2.24) is 9.96 Å². The molecule has 2 atom stereocenters. The molecule has 0 N–H and O–H groups in total. The lowest BCUT2D eigenvalue weighted by Crippen LogP contribution is -2.48. The van der Waals surface area contributed by atoms with Crippen LogP contribution < -0.4 is 0 Å². The number of benzene rings is 1. The molecule has 26 heavy (non-hydrogen) atoms. The number of hydroxylamine groups is 2. The summed E-state index contributed by atoms with van der Waals surface area (Å²) in [7, 11) is 2.84. The molecule has 0 radical (unpaired) electrons. The van der Waals surface area contributed by atoms with Gasteiger partial charge in [-0.05, 0) is 57.4 Å². The molecule has 8 heteroatoms. The number of carbonyl (C=O) groups excluding carboxylic acids is 2. The summed E-state index contributed by atoms with van der Waals surface area (Å²) in [4.78, 5) is 31.7. The van der Waals surface area contributed by atoms with Gasteiger partial charge in [0, 0.05) is 12.1 Å². The van der Waals surface area contributed by atoms with Gasteiger partial charge in [-0.25, -0.2) is 14.2 Å². The molecule has 2 amide bonds. The van der Waals surface area contributed by atoms with E-state index in [0.717, 1.165) is 5.06 Å². The summed E-state index contributed by atoms with van der Waals surface area (Å²) in [5.41, 5.74) is -0.207. The van der Waals surface area contributed by atoms with Gasteiger partial charge in [-0.1, -0.05) is 11.6 Å². The summed E-state index contributed by atoms with van der Waals surface area (Å²) in [5, 5.41) is 1.30. The van der Waals surface area contributed by atoms with Gasteiger partial charge in [-0.2, -0.15) is 0 Å². The van der Waals surface area contributed by atoms with Crippen molar-refractivity contribution in [3.05, 3.63) is 34.6 Å². The van der Waals surface area contributed by atoms with E-state index >= 15 is 0 Å². The molecule has 1 aromatic rings. The lowest BCUT2D eigenvalue weighted by molar-refractivity contribution is -0.173. The van der Waals surface area contributed by atoms with Crippen molar-refractivity contribution in [2.75, 3.05) is 14.2 Å². The summed E-state index contributed by atoms with van der Waals surface area (Å²) in [5.74, 6) is -0.871. The van der Waals surface area contributed by atoms with Crippen LogP contribution in [0, 0.1) is 5.82 Å². The monoisotopic (exact) mass is 386 g/mol. The zero-order chi connectivity index (χ0) is 19.6. The molecular formula is C18H24ClFN2O4. The minimum atomic E-state index is -0.762. The van der Waals surface area contributed by atoms with E-state index in [-0.39, 0.29) is 10.9 Å². The molecule has 0 bridgehead atoms. The van der Waals surface area contributed by atoms with Crippen LogP contribution in [0.3, 0.4) is 0 Å². The van der Waals surface area contributed by atoms with E-state index in [2.05, 4.69) is 0 Å². The maximum absolute atomic E-state index is 13.8. The summed E-state index contributed by atoms with van der Waals surface area (Å²) >= 11 is 5.96. The second-order valence-electron chi connectivity index (χ2n) is 7.22. The number of ether oxygens (including phenoxy) is 1. The quantitative estimate of drug-likeness (QED) is 0.738. The molecule has 0 aliphatic carbocycles. The first-order valence-corrected chi connectivity index (χ1v) is 8.70. The number of halogens is 2. The zero-order valence-corrected chi connectivity index (χ0v) is 16.3. The maximum atomic E-state index is 13.8. The average molecular weight is 387 g/mol. The number of nitrogens with zero attached hydrogens (tertiary/aromatic N) is 2. The Hall–Kier alpha value is -1.86. The third-order valence-corrected chi connectivity index (χ3v) is 4.35. The Kier molecular flexibility index (Phi) is 6.13. The van der Waals surface area contributed by atoms with E-state index in [1.165, 1.54) is 31.2 Å². The molecule has 0 aromatic heterocycles. The van der Waals surface area contributed by atoms with E-state index in [1.807, 2.05) is 0 Å². The van der Waals surface area contributed by atoms with Crippen LogP contribution in [0.2, 0.25) is 5.02 Å². The molecule has 1 fully saturated rings. The minimum absolute atomic E-state index is 0.230. The van der Waals surface area contributed by atoms with E-state index < -0.39 is 29.6 Å². The van der Waals surface area contributed by atoms with Crippen LogP contribution in [-0.4, -0.2) is 47.8 Å². The number of hydrogen-bond acceptors (Lipinski definition) is 4. The first-order chi connectivity index (χ1) is 12.0. The number of likely N-dealkylation sites (N-methyl/N-ethyl adjacent to an activating group) is 1. The van der Waals surface area contributed by atoms with Crippen LogP contribution >= 0.6 is 11.6 Å². The van der Waals surface area contributed by atoms with Crippen molar-refractivity contribution in [3.63, 3.8) is 0 Å². The fraction of sp³-hybridized carbons (Fsp3) is 0.556. The molecule has 2 rings (SSSR count). The number of likely N-dealkylation sites (tertiary alicyclic amines) is 1. The first-order valence-electron chi connectivity index (χ1n) is 8.32. The Morgan fingerprint density at radius 1 is 1.27 bits per heavy atom. The predicted molar refractivity (Wildman–Crippen MR) is 95.0 cm³/mol. The summed E-state index contributed by atoms with van der Waals surface area (Å²) < 4.78 is 19.3. The van der Waals surface area contributed by atoms with Gasteiger partial charge < -0.3 is 4.74 Å². The van der Waals surface area contributed by atoms with E-state index in [9.17, 15) is 14.0 Å². The molecule has 1 saturated heterocycles. The van der Waals surface area contributed by atoms with Crippen molar-refractivity contribution < 1.29 is 23.6 Å². The number of hydrogen-bond donors (Lipinski definition) is 0. The fourth-order valence-corrected chi connectivity index (χ4v) is 3.25. The molecule has 6 nitrogen and oxygen atoms in total. The largest absolute Gasteiger partial charge is 0.444 e. The third kappa shape index (κ3) is 4.65. The van der Waals surface area contributed by atoms with Gasteiger partial charge in [0.1, 0.15) is 17.5 Å². The lowest BCUT2D eigenvalue weighted by Gasteiger charge is -2.33. The highest BCUT2D eigenvalue weighted by Gasteiger charge is 2.44. The van der Waals surface area contributed by atoms with Gasteiger partial charge >= 0.3 is 6.09 Å². The standard InChI is InChI=1S/C18H24ClFN2O4/c1-18(2,3)26-17(24)22-14(11-8-12(19)10-13(20)9-11)6-7-15(22)16(23)21(4)25-5/h8-10,14-15H,6-7H2,1-5H3/t14-,15+/m0/s1. The number of rotatable bonds is 3. The second-order valence-corrected chi connectivity index (χ2v) is 7.65. The highest BCUT2D eigenvalue weighted by Crippen LogP contribution is 2.39. The highest BCUT2D eigenvalue weighted by atomic mass is 35.5. The van der Waals surface area contributed by atoms with Crippen LogP contribution in [0.25, 0.3) is 0 Å². The third-order valence-electron chi connectivity index (χ3n) is 4.13. The van der Waals surface area contributed by atoms with Crippen LogP contribution in [0.1, 0.15) is 45.2 Å². The van der Waals surface area contributed by atoms with Crippen LogP contribution in [0.15, 0.2) is 18.2 Å². The predicted octanol–water partition coefficient (Wildman–Crippen LogP) is 3.94. The van der Waals surface area contributed by atoms with Gasteiger partial charge in [0.25, 0.3) is 5.91 Å². The van der Waals surface area contributed by atoms with E-state index in [4.69, 9.17) is 21.2 Å². The molecule has 1 aromatic carbocycles. The van der Waals surface area contributed by atoms with Crippen molar-refractivity contribution in [3.8, 4) is 0 Å². The second kappa shape index (κ2) is 7.80. The summed E-state index contributed by atoms with van der Waals surface area (Å²) in [6, 6.07) is 2.83. The molecular weight excluding hydrogens is 363 g/mol. The van der Waals surface area contributed by atoms with E-state index in [0.29, 0.717) is 18.4 Å². The Morgan fingerprint density at radius 3 is 2.46 bits per heavy atom. The lowest BCUT2D eigenvalue weighted by atomic mass is 10.0. The molecule has 0 unspecified atom stereocenters. The zero-order valence-electron chi connectivity index (χ0n) is 15.6. The van der Waals surface area contributed by atoms with Crippen LogP contribution in [0.4, 0.5) is 9.18 Å². The van der Waals surface area contributed by atoms with Crippen molar-refractivity contribution in [2.24, 2.45) is 0 Å². The molecule has 0 spiro atoms. The topological polar surface area (TPSA) is 59.1 Å². The smallest absolute Gasteiger partial charge is 0.411 e. The van der Waals surface area contributed by atoms with Gasteiger partial charge in [-0.3, -0.25) is 14.5 Å². The van der Waals surface area contributed by atoms with Crippen molar-refractivity contribution in [1.29, 1.82) is 0 Å². The number of amides is 2. The van der Waals surface area contributed by atoms with Crippen molar-refractivity contribution in [2.45, 2.75) is 51.3 Å². The van der Waals surface area contributed by atoms with Gasteiger partial charge in [-0.15, -0.1) is 0 Å². The van der Waals surface area contributed by atoms with Gasteiger partial charge in [0.2, 0.25) is 0 Å². The van der Waals surface area contributed by atoms with Gasteiger partial charge in [0.05, 0.1) is 13.2 Å². The maximum Gasteiger partial charge on any atom is 0.411 e. The fourth-order valence-electron chi connectivity index (χ4n) is 3.02. The first kappa shape index (κ1) is 20.5. The Morgan fingerprint density at radius 2 is 1.92 bits per heavy atom. The number of carbonyl (C=O) groups is 2. The van der Waals surface area contributed by atoms with Gasteiger partial charge in [0.15, 0.2) is 0 Å². The minimum Gasteiger partial charge on any atom is -0.444 e. The van der Waals surface area contributed by atoms with Crippen LogP contribution in [0.5, 0.6) is 0 Å². The Bertz CT molecular complexity index is 672. The molecule has 1 aliphatic heterocycles. The SMILES string of the molecule is CON(C)C(=O)[C@H]1CC[C@@H](c2cc(F)cc(Cl)c2)N1C(=O)OC(C)(C)C. The molecule has 0 saturated carbocycles. The van der Waals surface area contributed by atoms with Crippen molar-refractivity contribution >= 4 is 23.6 Å². The highest BCUT2D eigenvalue weighted by molar-refractivity contribution is 6.30. The normalized spacial score (nSPS) is 20.2. The molecule has 144 valence electrons. The summed E-state index contributed by atoms with van der Waals surface area (Å²) in [6.45, 7) is 5.23. The molecule has 1 heterocycles. The summed E-state index contributed by atoms with van der Waals surface area (Å²) in [6.07, 6.45) is 0.251. The van der Waals surface area contributed by atoms with E-state index in [1.54, 1.807) is 26.8 Å². The Balaban J connectivity index is 2.40.